The van der Waals surface area contributed by atoms with Crippen molar-refractivity contribution in [3.63, 3.8) is 0 Å². The number of para-hydroxylation sites is 1. The molecule has 0 heterocycles. The first-order chi connectivity index (χ1) is 11.0. The number of ether oxygens (including phenoxy) is 2. The highest BCUT2D eigenvalue weighted by Crippen LogP contribution is 2.16. The fraction of sp³-hybridized carbons (Fsp3) is 0.316. The van der Waals surface area contributed by atoms with Gasteiger partial charge in [-0.1, -0.05) is 30.3 Å². The minimum absolute atomic E-state index is 0.00183. The number of amides is 1. The summed E-state index contributed by atoms with van der Waals surface area (Å²) in [6.45, 7) is 6.30. The van der Waals surface area contributed by atoms with Crippen LogP contribution in [0.25, 0.3) is 0 Å². The fourth-order valence-electron chi connectivity index (χ4n) is 2.15. The Morgan fingerprint density at radius 2 is 1.87 bits per heavy atom. The van der Waals surface area contributed by atoms with E-state index in [9.17, 15) is 4.79 Å². The molecule has 0 bridgehead atoms. The predicted molar refractivity (Wildman–Crippen MR) is 91.0 cm³/mol. The summed E-state index contributed by atoms with van der Waals surface area (Å²) in [5.74, 6) is 1.38. The van der Waals surface area contributed by atoms with Crippen molar-refractivity contribution in [1.29, 1.82) is 0 Å². The van der Waals surface area contributed by atoms with Crippen LogP contribution in [0.5, 0.6) is 11.5 Å². The van der Waals surface area contributed by atoms with Crippen molar-refractivity contribution in [3.8, 4) is 11.5 Å². The Labute approximate surface area is 137 Å². The monoisotopic (exact) mass is 313 g/mol. The smallest absolute Gasteiger partial charge is 0.258 e. The van der Waals surface area contributed by atoms with Crippen molar-refractivity contribution in [1.82, 2.24) is 5.32 Å². The summed E-state index contributed by atoms with van der Waals surface area (Å²) in [7, 11) is 0. The van der Waals surface area contributed by atoms with Gasteiger partial charge in [0, 0.05) is 0 Å². The number of carbonyl (C=O) groups excluding carboxylic acids is 1. The fourth-order valence-corrected chi connectivity index (χ4v) is 2.15. The number of nitrogens with one attached hydrogen (secondary N) is 1. The molecular formula is C19H23NO3. The molecule has 0 radical (unpaired) electrons. The van der Waals surface area contributed by atoms with E-state index in [1.807, 2.05) is 69.3 Å². The first kappa shape index (κ1) is 16.9. The summed E-state index contributed by atoms with van der Waals surface area (Å²) < 4.78 is 11.2. The second-order valence-electron chi connectivity index (χ2n) is 5.65. The standard InChI is InChI=1S/C19H23NO3/c1-14-7-6-9-17(11-14)22-13-19(21)20-16(3)12-23-18-10-5-4-8-15(18)2/h4-11,16H,12-13H2,1-3H3,(H,20,21)/t16-/m0/s1. The Bertz CT molecular complexity index is 655. The van der Waals surface area contributed by atoms with Gasteiger partial charge in [0.15, 0.2) is 6.61 Å². The molecule has 1 atom stereocenters. The molecular weight excluding hydrogens is 290 g/mol. The highest BCUT2D eigenvalue weighted by atomic mass is 16.5. The van der Waals surface area contributed by atoms with Crippen LogP contribution >= 0.6 is 0 Å². The molecule has 0 saturated heterocycles. The van der Waals surface area contributed by atoms with Gasteiger partial charge in [0.25, 0.3) is 5.91 Å². The molecule has 0 spiro atoms. The molecule has 2 aromatic rings. The molecule has 0 fully saturated rings. The molecule has 23 heavy (non-hydrogen) atoms. The molecule has 0 aliphatic carbocycles. The third-order valence-corrected chi connectivity index (χ3v) is 3.35. The van der Waals surface area contributed by atoms with Crippen molar-refractivity contribution in [2.75, 3.05) is 13.2 Å². The van der Waals surface area contributed by atoms with E-state index >= 15 is 0 Å². The third kappa shape index (κ3) is 5.66. The number of carbonyl (C=O) groups is 1. The second kappa shape index (κ2) is 8.22. The summed E-state index contributed by atoms with van der Waals surface area (Å²) in [4.78, 5) is 11.9. The molecule has 0 aliphatic heterocycles. The van der Waals surface area contributed by atoms with Crippen molar-refractivity contribution in [2.45, 2.75) is 26.8 Å². The van der Waals surface area contributed by atoms with E-state index in [0.29, 0.717) is 12.4 Å². The zero-order valence-corrected chi connectivity index (χ0v) is 13.8. The number of hydrogen-bond acceptors (Lipinski definition) is 3. The minimum Gasteiger partial charge on any atom is -0.491 e. The number of rotatable bonds is 7. The Morgan fingerprint density at radius 1 is 1.09 bits per heavy atom. The maximum atomic E-state index is 11.9. The van der Waals surface area contributed by atoms with E-state index in [1.165, 1.54) is 0 Å². The lowest BCUT2D eigenvalue weighted by atomic mass is 10.2. The Morgan fingerprint density at radius 3 is 2.61 bits per heavy atom. The van der Waals surface area contributed by atoms with Crippen LogP contribution < -0.4 is 14.8 Å². The Kier molecular flexibility index (Phi) is 6.03. The van der Waals surface area contributed by atoms with Gasteiger partial charge in [-0.2, -0.15) is 0 Å². The first-order valence-corrected chi connectivity index (χ1v) is 7.72. The zero-order chi connectivity index (χ0) is 16.7. The molecule has 0 unspecified atom stereocenters. The van der Waals surface area contributed by atoms with E-state index in [2.05, 4.69) is 5.32 Å². The average molecular weight is 313 g/mol. The molecule has 1 amide bonds. The van der Waals surface area contributed by atoms with Crippen LogP contribution in [0.3, 0.4) is 0 Å². The van der Waals surface area contributed by atoms with Gasteiger partial charge in [-0.25, -0.2) is 0 Å². The highest BCUT2D eigenvalue weighted by Gasteiger charge is 2.09. The van der Waals surface area contributed by atoms with Gasteiger partial charge in [0.2, 0.25) is 0 Å². The van der Waals surface area contributed by atoms with Crippen LogP contribution in [0.2, 0.25) is 0 Å². The van der Waals surface area contributed by atoms with Crippen LogP contribution in [0.1, 0.15) is 18.1 Å². The molecule has 0 aromatic heterocycles. The topological polar surface area (TPSA) is 47.6 Å². The second-order valence-corrected chi connectivity index (χ2v) is 5.65. The maximum Gasteiger partial charge on any atom is 0.258 e. The molecule has 2 rings (SSSR count). The molecule has 0 saturated carbocycles. The largest absolute Gasteiger partial charge is 0.491 e. The van der Waals surface area contributed by atoms with Crippen LogP contribution in [-0.2, 0) is 4.79 Å². The van der Waals surface area contributed by atoms with E-state index < -0.39 is 0 Å². The minimum atomic E-state index is -0.160. The molecule has 4 heteroatoms. The summed E-state index contributed by atoms with van der Waals surface area (Å²) in [6.07, 6.45) is 0. The van der Waals surface area contributed by atoms with Gasteiger partial charge >= 0.3 is 0 Å². The maximum absolute atomic E-state index is 11.9. The van der Waals surface area contributed by atoms with Crippen LogP contribution in [0.15, 0.2) is 48.5 Å². The van der Waals surface area contributed by atoms with Crippen molar-refractivity contribution < 1.29 is 14.3 Å². The Hall–Kier alpha value is -2.49. The summed E-state index contributed by atoms with van der Waals surface area (Å²) in [5, 5.41) is 2.87. The molecule has 1 N–H and O–H groups in total. The highest BCUT2D eigenvalue weighted by molar-refractivity contribution is 5.77. The third-order valence-electron chi connectivity index (χ3n) is 3.35. The van der Waals surface area contributed by atoms with Gasteiger partial charge in [-0.05, 0) is 50.1 Å². The number of aryl methyl sites for hydroxylation is 2. The average Bonchev–Trinajstić information content (AvgIpc) is 2.52. The van der Waals surface area contributed by atoms with Crippen molar-refractivity contribution in [2.24, 2.45) is 0 Å². The van der Waals surface area contributed by atoms with Crippen LogP contribution in [0, 0.1) is 13.8 Å². The number of benzene rings is 2. The molecule has 4 nitrogen and oxygen atoms in total. The lowest BCUT2D eigenvalue weighted by Gasteiger charge is -2.16. The van der Waals surface area contributed by atoms with Gasteiger partial charge < -0.3 is 14.8 Å². The SMILES string of the molecule is Cc1cccc(OCC(=O)N[C@@H](C)COc2ccccc2C)c1. The number of hydrogen-bond donors (Lipinski definition) is 1. The van der Waals surface area contributed by atoms with Gasteiger partial charge in [-0.15, -0.1) is 0 Å². The first-order valence-electron chi connectivity index (χ1n) is 7.72. The summed E-state index contributed by atoms with van der Waals surface area (Å²) >= 11 is 0. The van der Waals surface area contributed by atoms with Crippen molar-refractivity contribution in [3.05, 3.63) is 59.7 Å². The summed E-state index contributed by atoms with van der Waals surface area (Å²) in [5.41, 5.74) is 2.18. The summed E-state index contributed by atoms with van der Waals surface area (Å²) in [6, 6.07) is 15.3. The zero-order valence-electron chi connectivity index (χ0n) is 13.8. The van der Waals surface area contributed by atoms with Crippen LogP contribution in [-0.4, -0.2) is 25.2 Å². The molecule has 2 aromatic carbocycles. The molecule has 0 aliphatic rings. The van der Waals surface area contributed by atoms with E-state index in [-0.39, 0.29) is 18.6 Å². The van der Waals surface area contributed by atoms with E-state index in [0.717, 1.165) is 16.9 Å². The van der Waals surface area contributed by atoms with Crippen LogP contribution in [0.4, 0.5) is 0 Å². The van der Waals surface area contributed by atoms with E-state index in [4.69, 9.17) is 9.47 Å². The predicted octanol–water partition coefficient (Wildman–Crippen LogP) is 3.27. The molecule has 122 valence electrons. The van der Waals surface area contributed by atoms with Gasteiger partial charge in [-0.3, -0.25) is 4.79 Å². The lowest BCUT2D eigenvalue weighted by Crippen LogP contribution is -2.39. The lowest BCUT2D eigenvalue weighted by molar-refractivity contribution is -0.123. The van der Waals surface area contributed by atoms with Gasteiger partial charge in [0.1, 0.15) is 18.1 Å². The van der Waals surface area contributed by atoms with Crippen molar-refractivity contribution >= 4 is 5.91 Å². The Balaban J connectivity index is 1.73. The van der Waals surface area contributed by atoms with Gasteiger partial charge in [0.05, 0.1) is 6.04 Å². The quantitative estimate of drug-likeness (QED) is 0.853. The normalized spacial score (nSPS) is 11.6. The van der Waals surface area contributed by atoms with E-state index in [1.54, 1.807) is 0 Å².